The van der Waals surface area contributed by atoms with Gasteiger partial charge < -0.3 is 4.90 Å². The molecule has 0 fully saturated rings. The highest BCUT2D eigenvalue weighted by molar-refractivity contribution is 6.06. The van der Waals surface area contributed by atoms with Crippen LogP contribution in [0.1, 0.15) is 21.6 Å². The fraction of sp³-hybridized carbons (Fsp3) is 0.214. The first-order valence-corrected chi connectivity index (χ1v) is 5.82. The van der Waals surface area contributed by atoms with Gasteiger partial charge in [-0.2, -0.15) is 10.4 Å². The van der Waals surface area contributed by atoms with Crippen molar-refractivity contribution in [2.24, 2.45) is 7.05 Å². The molecule has 19 heavy (non-hydrogen) atoms. The molecule has 0 atom stereocenters. The first kappa shape index (κ1) is 12.8. The molecule has 0 bridgehead atoms. The molecule has 0 spiro atoms. The van der Waals surface area contributed by atoms with Gasteiger partial charge in [0.05, 0.1) is 23.0 Å². The molecular weight excluding hydrogens is 240 g/mol. The average molecular weight is 254 g/mol. The van der Waals surface area contributed by atoms with Crippen molar-refractivity contribution in [3.05, 3.63) is 47.3 Å². The highest BCUT2D eigenvalue weighted by Crippen LogP contribution is 2.21. The van der Waals surface area contributed by atoms with Gasteiger partial charge in [0.25, 0.3) is 5.91 Å². The second-order valence-corrected chi connectivity index (χ2v) is 4.26. The van der Waals surface area contributed by atoms with Crippen molar-refractivity contribution in [2.75, 3.05) is 11.9 Å². The molecule has 0 saturated heterocycles. The smallest absolute Gasteiger partial charge is 0.261 e. The third kappa shape index (κ3) is 2.20. The van der Waals surface area contributed by atoms with E-state index < -0.39 is 0 Å². The van der Waals surface area contributed by atoms with E-state index in [4.69, 9.17) is 5.26 Å². The molecule has 5 nitrogen and oxygen atoms in total. The molecule has 2 aromatic rings. The number of para-hydroxylation sites is 1. The minimum atomic E-state index is -0.173. The lowest BCUT2D eigenvalue weighted by Crippen LogP contribution is -2.27. The molecule has 1 aromatic heterocycles. The van der Waals surface area contributed by atoms with E-state index >= 15 is 0 Å². The number of aryl methyl sites for hydroxylation is 1. The number of nitrogens with zero attached hydrogens (tertiary/aromatic N) is 4. The van der Waals surface area contributed by atoms with Crippen LogP contribution in [0.15, 0.2) is 30.5 Å². The fourth-order valence-electron chi connectivity index (χ4n) is 1.86. The molecule has 0 unspecified atom stereocenters. The molecule has 0 radical (unpaired) electrons. The van der Waals surface area contributed by atoms with E-state index in [0.29, 0.717) is 16.8 Å². The molecule has 96 valence electrons. The van der Waals surface area contributed by atoms with E-state index in [0.717, 1.165) is 5.69 Å². The number of rotatable bonds is 2. The number of aromatic nitrogens is 2. The Balaban J connectivity index is 2.40. The van der Waals surface area contributed by atoms with Crippen LogP contribution in [0.2, 0.25) is 0 Å². The van der Waals surface area contributed by atoms with Gasteiger partial charge in [-0.05, 0) is 19.1 Å². The van der Waals surface area contributed by atoms with Gasteiger partial charge >= 0.3 is 0 Å². The maximum Gasteiger partial charge on any atom is 0.261 e. The molecule has 0 aliphatic rings. The number of anilines is 1. The zero-order valence-corrected chi connectivity index (χ0v) is 11.1. The van der Waals surface area contributed by atoms with Gasteiger partial charge in [-0.3, -0.25) is 9.48 Å². The SMILES string of the molecule is Cc1c(C(=O)N(C)c2ccccc2C#N)cnn1C. The van der Waals surface area contributed by atoms with Crippen LogP contribution in [0.5, 0.6) is 0 Å². The summed E-state index contributed by atoms with van der Waals surface area (Å²) in [6, 6.07) is 9.10. The van der Waals surface area contributed by atoms with Crippen LogP contribution in [0.25, 0.3) is 0 Å². The van der Waals surface area contributed by atoms with Gasteiger partial charge in [-0.15, -0.1) is 0 Å². The molecular formula is C14H14N4O. The zero-order valence-electron chi connectivity index (χ0n) is 11.1. The molecule has 2 rings (SSSR count). The minimum Gasteiger partial charge on any atom is -0.310 e. The number of hydrogen-bond donors (Lipinski definition) is 0. The van der Waals surface area contributed by atoms with Gasteiger partial charge in [0.2, 0.25) is 0 Å². The number of nitriles is 1. The predicted molar refractivity (Wildman–Crippen MR) is 71.8 cm³/mol. The number of hydrogen-bond acceptors (Lipinski definition) is 3. The second-order valence-electron chi connectivity index (χ2n) is 4.26. The van der Waals surface area contributed by atoms with Crippen molar-refractivity contribution in [1.82, 2.24) is 9.78 Å². The number of carbonyl (C=O) groups is 1. The Kier molecular flexibility index (Phi) is 3.34. The van der Waals surface area contributed by atoms with Crippen LogP contribution in [-0.4, -0.2) is 22.7 Å². The zero-order chi connectivity index (χ0) is 14.0. The third-order valence-electron chi connectivity index (χ3n) is 3.16. The van der Waals surface area contributed by atoms with E-state index in [1.807, 2.05) is 6.92 Å². The van der Waals surface area contributed by atoms with Crippen molar-refractivity contribution >= 4 is 11.6 Å². The summed E-state index contributed by atoms with van der Waals surface area (Å²) in [5.41, 5.74) is 2.40. The van der Waals surface area contributed by atoms with Crippen molar-refractivity contribution in [1.29, 1.82) is 5.26 Å². The number of carbonyl (C=O) groups excluding carboxylic acids is 1. The van der Waals surface area contributed by atoms with E-state index in [9.17, 15) is 4.79 Å². The summed E-state index contributed by atoms with van der Waals surface area (Å²) < 4.78 is 1.65. The topological polar surface area (TPSA) is 61.9 Å². The maximum atomic E-state index is 12.4. The van der Waals surface area contributed by atoms with E-state index in [1.165, 1.54) is 4.90 Å². The highest BCUT2D eigenvalue weighted by Gasteiger charge is 2.19. The van der Waals surface area contributed by atoms with E-state index in [2.05, 4.69) is 11.2 Å². The Labute approximate surface area is 111 Å². The molecule has 0 saturated carbocycles. The first-order valence-electron chi connectivity index (χ1n) is 5.82. The summed E-state index contributed by atoms with van der Waals surface area (Å²) in [5, 5.41) is 13.1. The minimum absolute atomic E-state index is 0.173. The Bertz CT molecular complexity index is 666. The molecule has 5 heteroatoms. The molecule has 0 aliphatic carbocycles. The van der Waals surface area contributed by atoms with Crippen LogP contribution < -0.4 is 4.90 Å². The standard InChI is InChI=1S/C14H14N4O/c1-10-12(9-16-18(10)3)14(19)17(2)13-7-5-4-6-11(13)8-15/h4-7,9H,1-3H3. The van der Waals surface area contributed by atoms with Crippen molar-refractivity contribution in [3.8, 4) is 6.07 Å². The lowest BCUT2D eigenvalue weighted by Gasteiger charge is -2.18. The van der Waals surface area contributed by atoms with Gasteiger partial charge in [0, 0.05) is 19.8 Å². The fourth-order valence-corrected chi connectivity index (χ4v) is 1.86. The largest absolute Gasteiger partial charge is 0.310 e. The molecule has 1 heterocycles. The molecule has 1 aromatic carbocycles. The van der Waals surface area contributed by atoms with E-state index in [-0.39, 0.29) is 5.91 Å². The summed E-state index contributed by atoms with van der Waals surface area (Å²) >= 11 is 0. The normalized spacial score (nSPS) is 10.0. The maximum absolute atomic E-state index is 12.4. The summed E-state index contributed by atoms with van der Waals surface area (Å²) in [5.74, 6) is -0.173. The number of benzene rings is 1. The summed E-state index contributed by atoms with van der Waals surface area (Å²) in [4.78, 5) is 13.9. The third-order valence-corrected chi connectivity index (χ3v) is 3.16. The van der Waals surface area contributed by atoms with Crippen LogP contribution >= 0.6 is 0 Å². The Hall–Kier alpha value is -2.61. The first-order chi connectivity index (χ1) is 9.06. The quantitative estimate of drug-likeness (QED) is 0.822. The lowest BCUT2D eigenvalue weighted by molar-refractivity contribution is 0.0992. The lowest BCUT2D eigenvalue weighted by atomic mass is 10.1. The van der Waals surface area contributed by atoms with Gasteiger partial charge in [-0.25, -0.2) is 0 Å². The van der Waals surface area contributed by atoms with Gasteiger partial charge in [0.1, 0.15) is 6.07 Å². The Morgan fingerprint density at radius 1 is 1.42 bits per heavy atom. The Morgan fingerprint density at radius 2 is 2.11 bits per heavy atom. The summed E-state index contributed by atoms with van der Waals surface area (Å²) in [6.07, 6.45) is 1.54. The molecule has 0 N–H and O–H groups in total. The van der Waals surface area contributed by atoms with E-state index in [1.54, 1.807) is 49.2 Å². The monoisotopic (exact) mass is 254 g/mol. The number of amides is 1. The van der Waals surface area contributed by atoms with Crippen LogP contribution in [0.4, 0.5) is 5.69 Å². The van der Waals surface area contributed by atoms with Crippen molar-refractivity contribution < 1.29 is 4.79 Å². The summed E-state index contributed by atoms with van der Waals surface area (Å²) in [7, 11) is 3.44. The molecule has 1 amide bonds. The van der Waals surface area contributed by atoms with Gasteiger partial charge in [0.15, 0.2) is 0 Å². The predicted octanol–water partition coefficient (Wildman–Crippen LogP) is 1.88. The average Bonchev–Trinajstić information content (AvgIpc) is 2.77. The van der Waals surface area contributed by atoms with Crippen LogP contribution in [0.3, 0.4) is 0 Å². The summed E-state index contributed by atoms with van der Waals surface area (Å²) in [6.45, 7) is 1.84. The van der Waals surface area contributed by atoms with Crippen molar-refractivity contribution in [2.45, 2.75) is 6.92 Å². The van der Waals surface area contributed by atoms with Crippen molar-refractivity contribution in [3.63, 3.8) is 0 Å². The van der Waals surface area contributed by atoms with Crippen LogP contribution in [-0.2, 0) is 7.05 Å². The van der Waals surface area contributed by atoms with Gasteiger partial charge in [-0.1, -0.05) is 12.1 Å². The second kappa shape index (κ2) is 4.94. The molecule has 0 aliphatic heterocycles. The van der Waals surface area contributed by atoms with Crippen LogP contribution in [0, 0.1) is 18.3 Å². The highest BCUT2D eigenvalue weighted by atomic mass is 16.2. The Morgan fingerprint density at radius 3 is 2.68 bits per heavy atom.